The van der Waals surface area contributed by atoms with Crippen LogP contribution < -0.4 is 0 Å². The molecule has 0 aromatic rings. The predicted molar refractivity (Wildman–Crippen MR) is 206 cm³/mol. The molecule has 0 aromatic heterocycles. The summed E-state index contributed by atoms with van der Waals surface area (Å²) >= 11 is 0. The van der Waals surface area contributed by atoms with Gasteiger partial charge in [0.25, 0.3) is 0 Å². The molecular formula is C36H82O10Si2. The van der Waals surface area contributed by atoms with Crippen molar-refractivity contribution in [1.29, 1.82) is 0 Å². The Morgan fingerprint density at radius 1 is 0.396 bits per heavy atom. The molecule has 0 radical (unpaired) electrons. The molecule has 0 spiro atoms. The summed E-state index contributed by atoms with van der Waals surface area (Å²) in [5, 5.41) is 0. The van der Waals surface area contributed by atoms with Crippen molar-refractivity contribution in [2.75, 3.05) is 66.1 Å². The Hall–Kier alpha value is -0.546. The van der Waals surface area contributed by atoms with Gasteiger partial charge in [-0.3, -0.25) is 9.59 Å². The second-order valence-electron chi connectivity index (χ2n) is 10.6. The second kappa shape index (κ2) is 55.9. The zero-order chi connectivity index (χ0) is 34.6. The van der Waals surface area contributed by atoms with E-state index < -0.39 is 0 Å². The number of Topliss-reactive ketones (excluding diaryl/α,β-unsaturated/α-hetero) is 2. The lowest BCUT2D eigenvalue weighted by atomic mass is 10.1. The van der Waals surface area contributed by atoms with Gasteiger partial charge in [0.15, 0.2) is 19.5 Å². The van der Waals surface area contributed by atoms with E-state index in [2.05, 4.69) is 19.6 Å². The lowest BCUT2D eigenvalue weighted by molar-refractivity contribution is -0.287. The van der Waals surface area contributed by atoms with Crippen LogP contribution in [0.3, 0.4) is 0 Å². The molecule has 0 unspecified atom stereocenters. The van der Waals surface area contributed by atoms with E-state index >= 15 is 0 Å². The third-order valence-corrected chi connectivity index (χ3v) is 9.32. The van der Waals surface area contributed by atoms with Gasteiger partial charge in [0.1, 0.15) is 11.6 Å². The van der Waals surface area contributed by atoms with Crippen molar-refractivity contribution >= 4 is 31.1 Å². The molecule has 0 heterocycles. The minimum absolute atomic E-state index is 0. The van der Waals surface area contributed by atoms with Crippen molar-refractivity contribution in [1.82, 2.24) is 0 Å². The van der Waals surface area contributed by atoms with Crippen LogP contribution in [0.1, 0.15) is 146 Å². The van der Waals surface area contributed by atoms with Crippen LogP contribution in [0.5, 0.6) is 0 Å². The minimum Gasteiger partial charge on any atom is -0.424 e. The Morgan fingerprint density at radius 2 is 0.667 bits per heavy atom. The monoisotopic (exact) mass is 731 g/mol. The zero-order valence-corrected chi connectivity index (χ0v) is 33.7. The topological polar surface area (TPSA) is 108 Å². The van der Waals surface area contributed by atoms with Gasteiger partial charge in [-0.1, -0.05) is 27.7 Å². The molecule has 294 valence electrons. The lowest BCUT2D eigenvalue weighted by Gasteiger charge is -2.06. The van der Waals surface area contributed by atoms with Crippen molar-refractivity contribution in [3.63, 3.8) is 0 Å². The third kappa shape index (κ3) is 60.7. The molecular weight excluding hydrogens is 649 g/mol. The van der Waals surface area contributed by atoms with Crippen LogP contribution >= 0.6 is 0 Å². The van der Waals surface area contributed by atoms with E-state index in [1.54, 1.807) is 0 Å². The maximum Gasteiger partial charge on any atom is 0.161 e. The number of ether oxygens (including phenoxy) is 2. The van der Waals surface area contributed by atoms with Crippen LogP contribution in [0.25, 0.3) is 0 Å². The maximum absolute atomic E-state index is 11.9. The molecule has 0 aliphatic carbocycles. The first-order valence-electron chi connectivity index (χ1n) is 18.4. The second-order valence-corrected chi connectivity index (χ2v) is 13.6. The SMILES string of the molecule is C.C.CCOOCC.CCOOCC.CCO[SiH2]CCCCC(=O)CCCCOCCCCOCCCCC(=O)CCCC[SiH2]OCC. The van der Waals surface area contributed by atoms with Crippen LogP contribution in [0.4, 0.5) is 0 Å². The summed E-state index contributed by atoms with van der Waals surface area (Å²) in [7, 11) is -0.659. The largest absolute Gasteiger partial charge is 0.424 e. The first-order chi connectivity index (χ1) is 22.5. The average molecular weight is 731 g/mol. The summed E-state index contributed by atoms with van der Waals surface area (Å²) < 4.78 is 22.2. The Morgan fingerprint density at radius 3 is 0.938 bits per heavy atom. The van der Waals surface area contributed by atoms with Crippen LogP contribution in [-0.4, -0.2) is 97.2 Å². The van der Waals surface area contributed by atoms with Crippen LogP contribution in [0.15, 0.2) is 0 Å². The molecule has 0 saturated carbocycles. The number of carbonyl (C=O) groups is 2. The maximum atomic E-state index is 11.9. The first kappa shape index (κ1) is 56.8. The van der Waals surface area contributed by atoms with Gasteiger partial charge in [0.05, 0.1) is 26.4 Å². The van der Waals surface area contributed by atoms with Crippen LogP contribution in [0.2, 0.25) is 12.1 Å². The number of hydrogen-bond acceptors (Lipinski definition) is 10. The molecule has 0 aliphatic rings. The molecule has 0 aromatic carbocycles. The van der Waals surface area contributed by atoms with E-state index in [-0.39, 0.29) is 34.4 Å². The molecule has 0 fully saturated rings. The molecule has 0 atom stereocenters. The highest BCUT2D eigenvalue weighted by Gasteiger charge is 2.03. The molecule has 0 amide bonds. The Balaban J connectivity index is -0.000000372. The summed E-state index contributed by atoms with van der Waals surface area (Å²) in [6, 6.07) is 2.39. The molecule has 0 saturated heterocycles. The van der Waals surface area contributed by atoms with E-state index in [1.807, 2.05) is 41.5 Å². The highest BCUT2D eigenvalue weighted by molar-refractivity contribution is 6.27. The van der Waals surface area contributed by atoms with Gasteiger partial charge in [-0.05, 0) is 105 Å². The number of carbonyl (C=O) groups excluding carboxylic acids is 2. The molecule has 10 nitrogen and oxygen atoms in total. The number of hydrogen-bond donors (Lipinski definition) is 0. The van der Waals surface area contributed by atoms with Gasteiger partial charge in [-0.2, -0.15) is 0 Å². The van der Waals surface area contributed by atoms with E-state index in [1.165, 1.54) is 12.1 Å². The quantitative estimate of drug-likeness (QED) is 0.0276. The standard InChI is InChI=1S/C26H54O6Si2.2C4H10O2.2CH4/c1-3-31-33-23-13-7-17-25(27)15-5-9-19-29-21-11-12-22-30-20-10-6-16-26(28)18-8-14-24-34-32-4-2;2*1-3-5-6-4-2;;/h3-24,33-34H2,1-2H3;2*3-4H2,1-2H3;2*1H4. The fourth-order valence-corrected chi connectivity index (χ4v) is 6.04. The van der Waals surface area contributed by atoms with Gasteiger partial charge in [-0.25, -0.2) is 19.6 Å². The average Bonchev–Trinajstić information content (AvgIpc) is 3.06. The van der Waals surface area contributed by atoms with Crippen molar-refractivity contribution in [2.45, 2.75) is 158 Å². The van der Waals surface area contributed by atoms with Crippen LogP contribution in [0, 0.1) is 0 Å². The molecule has 12 heteroatoms. The predicted octanol–water partition coefficient (Wildman–Crippen LogP) is 7.92. The van der Waals surface area contributed by atoms with E-state index in [4.69, 9.17) is 18.3 Å². The number of unbranched alkanes of at least 4 members (excludes halogenated alkanes) is 5. The fraction of sp³-hybridized carbons (Fsp3) is 0.944. The van der Waals surface area contributed by atoms with Gasteiger partial charge < -0.3 is 18.3 Å². The lowest BCUT2D eigenvalue weighted by Crippen LogP contribution is -2.03. The fourth-order valence-electron chi connectivity index (χ4n) is 3.94. The molecule has 0 bridgehead atoms. The molecule has 48 heavy (non-hydrogen) atoms. The molecule has 0 rings (SSSR count). The Labute approximate surface area is 302 Å². The summed E-state index contributed by atoms with van der Waals surface area (Å²) in [4.78, 5) is 41.6. The van der Waals surface area contributed by atoms with Crippen molar-refractivity contribution in [3.05, 3.63) is 0 Å². The summed E-state index contributed by atoms with van der Waals surface area (Å²) in [6.45, 7) is 18.9. The highest BCUT2D eigenvalue weighted by Crippen LogP contribution is 2.08. The van der Waals surface area contributed by atoms with Crippen molar-refractivity contribution < 1.29 is 47.5 Å². The zero-order valence-electron chi connectivity index (χ0n) is 30.9. The first-order valence-corrected chi connectivity index (χ1v) is 21.5. The van der Waals surface area contributed by atoms with Gasteiger partial charge in [0, 0.05) is 65.3 Å². The molecule has 0 N–H and O–H groups in total. The van der Waals surface area contributed by atoms with E-state index in [0.29, 0.717) is 50.8 Å². The third-order valence-electron chi connectivity index (χ3n) is 6.35. The summed E-state index contributed by atoms with van der Waals surface area (Å²) in [6.07, 6.45) is 13.0. The summed E-state index contributed by atoms with van der Waals surface area (Å²) in [5.41, 5.74) is 0. The minimum atomic E-state index is -0.330. The number of rotatable bonds is 35. The van der Waals surface area contributed by atoms with Gasteiger partial charge in [0.2, 0.25) is 0 Å². The van der Waals surface area contributed by atoms with Crippen LogP contribution in [-0.2, 0) is 47.5 Å². The van der Waals surface area contributed by atoms with E-state index in [0.717, 1.165) is 117 Å². The number of ketones is 2. The normalized spacial score (nSPS) is 10.7. The smallest absolute Gasteiger partial charge is 0.161 e. The van der Waals surface area contributed by atoms with Gasteiger partial charge >= 0.3 is 0 Å². The summed E-state index contributed by atoms with van der Waals surface area (Å²) in [5.74, 6) is 0.795. The van der Waals surface area contributed by atoms with Crippen molar-refractivity contribution in [3.8, 4) is 0 Å². The van der Waals surface area contributed by atoms with Crippen molar-refractivity contribution in [2.24, 2.45) is 0 Å². The van der Waals surface area contributed by atoms with E-state index in [9.17, 15) is 9.59 Å². The Kier molecular flexibility index (Phi) is 66.1. The highest BCUT2D eigenvalue weighted by atomic mass is 28.2. The Bertz CT molecular complexity index is 519. The van der Waals surface area contributed by atoms with Gasteiger partial charge in [-0.15, -0.1) is 0 Å². The molecule has 0 aliphatic heterocycles.